The van der Waals surface area contributed by atoms with Crippen LogP contribution in [0.1, 0.15) is 24.0 Å². The summed E-state index contributed by atoms with van der Waals surface area (Å²) in [4.78, 5) is 38.6. The lowest BCUT2D eigenvalue weighted by Gasteiger charge is -2.28. The van der Waals surface area contributed by atoms with E-state index in [2.05, 4.69) is 0 Å². The fourth-order valence-electron chi connectivity index (χ4n) is 3.06. The van der Waals surface area contributed by atoms with Gasteiger partial charge in [0.1, 0.15) is 6.67 Å². The molecule has 0 radical (unpaired) electrons. The van der Waals surface area contributed by atoms with Crippen molar-refractivity contribution in [2.75, 3.05) is 18.1 Å². The molecule has 27 heavy (non-hydrogen) atoms. The van der Waals surface area contributed by atoms with Crippen molar-refractivity contribution in [3.8, 4) is 0 Å². The van der Waals surface area contributed by atoms with Gasteiger partial charge in [-0.25, -0.2) is 0 Å². The minimum Gasteiger partial charge on any atom is -0.324 e. The zero-order chi connectivity index (χ0) is 19.4. The molecule has 7 heteroatoms. The van der Waals surface area contributed by atoms with E-state index in [0.29, 0.717) is 18.5 Å². The highest BCUT2D eigenvalue weighted by molar-refractivity contribution is 5.95. The fraction of sp³-hybridized carbons (Fsp3) is 0.300. The van der Waals surface area contributed by atoms with E-state index in [1.807, 2.05) is 31.2 Å². The van der Waals surface area contributed by atoms with E-state index in [0.717, 1.165) is 17.7 Å². The highest BCUT2D eigenvalue weighted by Crippen LogP contribution is 2.20. The van der Waals surface area contributed by atoms with E-state index in [4.69, 9.17) is 0 Å². The second-order valence-electron chi connectivity index (χ2n) is 6.66. The van der Waals surface area contributed by atoms with Gasteiger partial charge in [-0.2, -0.15) is 0 Å². The lowest BCUT2D eigenvalue weighted by atomic mass is 10.1. The van der Waals surface area contributed by atoms with Crippen LogP contribution in [0.3, 0.4) is 0 Å². The Kier molecular flexibility index (Phi) is 5.49. The molecule has 0 aromatic heterocycles. The number of nitro benzene ring substituents is 1. The van der Waals surface area contributed by atoms with Crippen LogP contribution in [0.25, 0.3) is 0 Å². The number of nitro groups is 1. The average molecular weight is 367 g/mol. The number of carbonyl (C=O) groups is 2. The van der Waals surface area contributed by atoms with Crippen LogP contribution >= 0.6 is 0 Å². The first-order valence-corrected chi connectivity index (χ1v) is 8.82. The molecule has 1 fully saturated rings. The SMILES string of the molecule is Cc1ccc(N(CN2CCCC2=O)C(=O)Cc2ccc([N+](=O)[O-])cc2)cc1. The van der Waals surface area contributed by atoms with Crippen molar-refractivity contribution in [1.82, 2.24) is 4.90 Å². The Balaban J connectivity index is 1.80. The molecule has 1 heterocycles. The Bertz CT molecular complexity index is 847. The summed E-state index contributed by atoms with van der Waals surface area (Å²) >= 11 is 0. The number of carbonyl (C=O) groups excluding carboxylic acids is 2. The quantitative estimate of drug-likeness (QED) is 0.580. The summed E-state index contributed by atoms with van der Waals surface area (Å²) < 4.78 is 0. The molecule has 2 aromatic rings. The molecule has 0 aliphatic carbocycles. The molecule has 7 nitrogen and oxygen atoms in total. The summed E-state index contributed by atoms with van der Waals surface area (Å²) in [6.45, 7) is 2.83. The van der Waals surface area contributed by atoms with Crippen molar-refractivity contribution in [2.45, 2.75) is 26.2 Å². The Labute approximate surface area is 157 Å². The Morgan fingerprint density at radius 1 is 1.15 bits per heavy atom. The van der Waals surface area contributed by atoms with E-state index in [1.54, 1.807) is 21.9 Å². The third-order valence-corrected chi connectivity index (χ3v) is 4.63. The Morgan fingerprint density at radius 2 is 1.81 bits per heavy atom. The maximum absolute atomic E-state index is 13.0. The van der Waals surface area contributed by atoms with Gasteiger partial charge in [0.05, 0.1) is 11.3 Å². The number of amides is 2. The molecule has 140 valence electrons. The summed E-state index contributed by atoms with van der Waals surface area (Å²) in [6, 6.07) is 13.5. The standard InChI is InChI=1S/C20H21N3O4/c1-15-4-8-17(9-5-15)22(14-21-12-2-3-19(21)24)20(25)13-16-6-10-18(11-7-16)23(26)27/h4-11H,2-3,12-14H2,1H3. The number of hydrogen-bond donors (Lipinski definition) is 0. The van der Waals surface area contributed by atoms with E-state index in [9.17, 15) is 19.7 Å². The van der Waals surface area contributed by atoms with Crippen molar-refractivity contribution < 1.29 is 14.5 Å². The molecule has 1 saturated heterocycles. The summed E-state index contributed by atoms with van der Waals surface area (Å²) in [7, 11) is 0. The highest BCUT2D eigenvalue weighted by atomic mass is 16.6. The van der Waals surface area contributed by atoms with Gasteiger partial charge < -0.3 is 4.90 Å². The van der Waals surface area contributed by atoms with Crippen LogP contribution in [0.4, 0.5) is 11.4 Å². The third kappa shape index (κ3) is 4.49. The van der Waals surface area contributed by atoms with Crippen LogP contribution in [-0.2, 0) is 16.0 Å². The van der Waals surface area contributed by atoms with Gasteiger partial charge in [0.15, 0.2) is 0 Å². The number of benzene rings is 2. The predicted molar refractivity (Wildman–Crippen MR) is 101 cm³/mol. The molecule has 1 aliphatic heterocycles. The number of nitrogens with zero attached hydrogens (tertiary/aromatic N) is 3. The van der Waals surface area contributed by atoms with Gasteiger partial charge in [0, 0.05) is 30.8 Å². The number of anilines is 1. The van der Waals surface area contributed by atoms with Gasteiger partial charge in [-0.3, -0.25) is 24.6 Å². The van der Waals surface area contributed by atoms with Crippen LogP contribution in [-0.4, -0.2) is 34.9 Å². The molecule has 0 N–H and O–H groups in total. The van der Waals surface area contributed by atoms with E-state index in [-0.39, 0.29) is 30.6 Å². The first-order chi connectivity index (χ1) is 12.9. The summed E-state index contributed by atoms with van der Waals surface area (Å²) in [5.74, 6) is -0.109. The summed E-state index contributed by atoms with van der Waals surface area (Å²) in [6.07, 6.45) is 1.42. The van der Waals surface area contributed by atoms with E-state index < -0.39 is 4.92 Å². The zero-order valence-corrected chi connectivity index (χ0v) is 15.1. The zero-order valence-electron chi connectivity index (χ0n) is 15.1. The highest BCUT2D eigenvalue weighted by Gasteiger charge is 2.25. The van der Waals surface area contributed by atoms with Crippen molar-refractivity contribution >= 4 is 23.2 Å². The minimum atomic E-state index is -0.469. The normalized spacial score (nSPS) is 13.7. The topological polar surface area (TPSA) is 83.8 Å². The Hall–Kier alpha value is -3.22. The van der Waals surface area contributed by atoms with Crippen molar-refractivity contribution in [3.05, 3.63) is 69.8 Å². The smallest absolute Gasteiger partial charge is 0.269 e. The van der Waals surface area contributed by atoms with Gasteiger partial charge in [-0.1, -0.05) is 29.8 Å². The van der Waals surface area contributed by atoms with Gasteiger partial charge in [0.2, 0.25) is 11.8 Å². The first-order valence-electron chi connectivity index (χ1n) is 8.82. The number of rotatable bonds is 6. The molecule has 3 rings (SSSR count). The summed E-state index contributed by atoms with van der Waals surface area (Å²) in [5, 5.41) is 10.8. The third-order valence-electron chi connectivity index (χ3n) is 4.63. The molecular formula is C20H21N3O4. The second kappa shape index (κ2) is 7.99. The van der Waals surface area contributed by atoms with Crippen molar-refractivity contribution in [1.29, 1.82) is 0 Å². The second-order valence-corrected chi connectivity index (χ2v) is 6.66. The van der Waals surface area contributed by atoms with E-state index in [1.165, 1.54) is 12.1 Å². The van der Waals surface area contributed by atoms with Crippen molar-refractivity contribution in [3.63, 3.8) is 0 Å². The maximum Gasteiger partial charge on any atom is 0.269 e. The van der Waals surface area contributed by atoms with Gasteiger partial charge in [-0.15, -0.1) is 0 Å². The van der Waals surface area contributed by atoms with Gasteiger partial charge in [0.25, 0.3) is 5.69 Å². The lowest BCUT2D eigenvalue weighted by Crippen LogP contribution is -2.43. The fourth-order valence-corrected chi connectivity index (χ4v) is 3.06. The van der Waals surface area contributed by atoms with Gasteiger partial charge in [-0.05, 0) is 31.0 Å². The van der Waals surface area contributed by atoms with Crippen LogP contribution in [0.2, 0.25) is 0 Å². The lowest BCUT2D eigenvalue weighted by molar-refractivity contribution is -0.384. The molecule has 0 saturated carbocycles. The first kappa shape index (κ1) is 18.6. The molecular weight excluding hydrogens is 346 g/mol. The average Bonchev–Trinajstić information content (AvgIpc) is 3.05. The number of hydrogen-bond acceptors (Lipinski definition) is 4. The molecule has 0 bridgehead atoms. The van der Waals surface area contributed by atoms with Crippen molar-refractivity contribution in [2.24, 2.45) is 0 Å². The summed E-state index contributed by atoms with van der Waals surface area (Å²) in [5.41, 5.74) is 2.49. The predicted octanol–water partition coefficient (Wildman–Crippen LogP) is 3.06. The Morgan fingerprint density at radius 3 is 2.37 bits per heavy atom. The number of likely N-dealkylation sites (tertiary alicyclic amines) is 1. The molecule has 0 unspecified atom stereocenters. The van der Waals surface area contributed by atoms with Gasteiger partial charge >= 0.3 is 0 Å². The maximum atomic E-state index is 13.0. The van der Waals surface area contributed by atoms with E-state index >= 15 is 0 Å². The molecule has 0 atom stereocenters. The van der Waals surface area contributed by atoms with Crippen LogP contribution in [0.15, 0.2) is 48.5 Å². The largest absolute Gasteiger partial charge is 0.324 e. The van der Waals surface area contributed by atoms with Crippen LogP contribution < -0.4 is 4.90 Å². The molecule has 2 aromatic carbocycles. The minimum absolute atomic E-state index is 0.00995. The molecule has 1 aliphatic rings. The number of non-ortho nitro benzene ring substituents is 1. The molecule has 2 amide bonds. The number of aryl methyl sites for hydroxylation is 1. The molecule has 0 spiro atoms. The van der Waals surface area contributed by atoms with Crippen LogP contribution in [0.5, 0.6) is 0 Å². The van der Waals surface area contributed by atoms with Crippen LogP contribution in [0, 0.1) is 17.0 Å². The monoisotopic (exact) mass is 367 g/mol.